The molecule has 0 aromatic heterocycles. The molecule has 1 unspecified atom stereocenters. The van der Waals surface area contributed by atoms with Crippen molar-refractivity contribution < 1.29 is 0 Å². The summed E-state index contributed by atoms with van der Waals surface area (Å²) < 4.78 is 0. The topological polar surface area (TPSA) is 50.4 Å². The molecule has 1 aromatic carbocycles. The second kappa shape index (κ2) is 10.0. The van der Waals surface area contributed by atoms with Gasteiger partial charge in [0.25, 0.3) is 0 Å². The smallest absolute Gasteiger partial charge is 0.188 e. The molecule has 0 amide bonds. The van der Waals surface area contributed by atoms with Crippen molar-refractivity contribution in [2.24, 2.45) is 10.7 Å². The summed E-state index contributed by atoms with van der Waals surface area (Å²) in [5, 5.41) is 3.07. The van der Waals surface area contributed by atoms with Gasteiger partial charge >= 0.3 is 0 Å². The van der Waals surface area contributed by atoms with Gasteiger partial charge in [-0.15, -0.1) is 0 Å². The van der Waals surface area contributed by atoms with Gasteiger partial charge in [-0.3, -0.25) is 4.99 Å². The third-order valence-corrected chi connectivity index (χ3v) is 1.90. The molecule has 3 N–H and O–H groups in total. The van der Waals surface area contributed by atoms with Gasteiger partial charge in [-0.25, -0.2) is 0 Å². The number of nitrogens with zero attached hydrogens (tertiary/aromatic N) is 1. The lowest BCUT2D eigenvalue weighted by atomic mass is 10.1. The van der Waals surface area contributed by atoms with Crippen LogP contribution in [0.2, 0.25) is 0 Å². The molecule has 1 atom stereocenters. The monoisotopic (exact) mass is 223 g/mol. The van der Waals surface area contributed by atoms with Crippen LogP contribution >= 0.6 is 0 Å². The minimum atomic E-state index is 0. The van der Waals surface area contributed by atoms with Crippen molar-refractivity contribution in [3.05, 3.63) is 35.9 Å². The molecule has 0 heterocycles. The van der Waals surface area contributed by atoms with E-state index in [-0.39, 0.29) is 13.5 Å². The van der Waals surface area contributed by atoms with Gasteiger partial charge in [0.05, 0.1) is 6.04 Å². The Morgan fingerprint density at radius 1 is 1.25 bits per heavy atom. The Bertz CT molecular complexity index is 280. The van der Waals surface area contributed by atoms with Crippen molar-refractivity contribution in [3.8, 4) is 0 Å². The van der Waals surface area contributed by atoms with Crippen molar-refractivity contribution in [1.82, 2.24) is 5.32 Å². The zero-order valence-electron chi connectivity index (χ0n) is 9.99. The van der Waals surface area contributed by atoms with E-state index in [1.807, 2.05) is 39.0 Å². The molecule has 1 rings (SSSR count). The molecule has 3 nitrogen and oxygen atoms in total. The first kappa shape index (κ1) is 16.9. The number of rotatable bonds is 2. The van der Waals surface area contributed by atoms with Crippen molar-refractivity contribution >= 4 is 5.96 Å². The van der Waals surface area contributed by atoms with Gasteiger partial charge < -0.3 is 11.1 Å². The van der Waals surface area contributed by atoms with Gasteiger partial charge in [0, 0.05) is 7.05 Å². The van der Waals surface area contributed by atoms with Crippen LogP contribution in [0.15, 0.2) is 35.3 Å². The molecule has 3 heteroatoms. The van der Waals surface area contributed by atoms with E-state index in [1.54, 1.807) is 7.05 Å². The van der Waals surface area contributed by atoms with Crippen LogP contribution in [0.1, 0.15) is 39.8 Å². The number of hydrogen-bond donors (Lipinski definition) is 2. The van der Waals surface area contributed by atoms with Gasteiger partial charge in [-0.1, -0.05) is 51.6 Å². The van der Waals surface area contributed by atoms with Crippen LogP contribution in [0, 0.1) is 0 Å². The Labute approximate surface area is 99.8 Å². The molecule has 0 bridgehead atoms. The zero-order valence-corrected chi connectivity index (χ0v) is 9.99. The zero-order chi connectivity index (χ0) is 11.7. The first-order valence-electron chi connectivity index (χ1n) is 5.27. The maximum atomic E-state index is 5.55. The van der Waals surface area contributed by atoms with Crippen LogP contribution in [0.3, 0.4) is 0 Å². The molecule has 1 aromatic rings. The molecule has 0 saturated heterocycles. The molecule has 0 aliphatic carbocycles. The van der Waals surface area contributed by atoms with E-state index in [9.17, 15) is 0 Å². The highest BCUT2D eigenvalue weighted by molar-refractivity contribution is 5.78. The summed E-state index contributed by atoms with van der Waals surface area (Å²) in [6, 6.07) is 10.3. The van der Waals surface area contributed by atoms with Gasteiger partial charge in [0.15, 0.2) is 5.96 Å². The molecule has 92 valence electrons. The first-order valence-corrected chi connectivity index (χ1v) is 5.27. The van der Waals surface area contributed by atoms with Crippen LogP contribution in [0.25, 0.3) is 0 Å². The Morgan fingerprint density at radius 3 is 2.19 bits per heavy atom. The van der Waals surface area contributed by atoms with Gasteiger partial charge in [0.2, 0.25) is 0 Å². The van der Waals surface area contributed by atoms with Gasteiger partial charge in [0.1, 0.15) is 0 Å². The normalized spacial score (nSPS) is 11.6. The molecule has 16 heavy (non-hydrogen) atoms. The predicted octanol–water partition coefficient (Wildman–Crippen LogP) is 2.94. The fourth-order valence-corrected chi connectivity index (χ4v) is 1.11. The molecule has 0 radical (unpaired) electrons. The predicted molar refractivity (Wildman–Crippen MR) is 73.6 cm³/mol. The molecule has 0 aliphatic rings. The number of benzene rings is 1. The highest BCUT2D eigenvalue weighted by Gasteiger charge is 2.03. The van der Waals surface area contributed by atoms with Crippen LogP contribution in [-0.4, -0.2) is 13.0 Å². The Hall–Kier alpha value is -1.51. The van der Waals surface area contributed by atoms with E-state index in [4.69, 9.17) is 5.73 Å². The summed E-state index contributed by atoms with van der Waals surface area (Å²) in [6.07, 6.45) is 0. The third-order valence-electron chi connectivity index (χ3n) is 1.90. The van der Waals surface area contributed by atoms with Crippen molar-refractivity contribution in [3.63, 3.8) is 0 Å². The van der Waals surface area contributed by atoms with E-state index in [2.05, 4.69) is 22.4 Å². The summed E-state index contributed by atoms with van der Waals surface area (Å²) >= 11 is 0. The maximum absolute atomic E-state index is 5.55. The van der Waals surface area contributed by atoms with Crippen molar-refractivity contribution in [2.45, 2.75) is 34.2 Å². The Kier molecular flexibility index (Phi) is 10.6. The van der Waals surface area contributed by atoms with Crippen LogP contribution in [-0.2, 0) is 0 Å². The Balaban J connectivity index is 0. The van der Waals surface area contributed by atoms with Crippen molar-refractivity contribution in [1.29, 1.82) is 0 Å². The standard InChI is InChI=1S/C10H15N3.C2H6.CH4/c1-8(13-10(11)12-2)9-6-4-3-5-7-9;1-2;/h3-8H,1-2H3,(H3,11,12,13);1-2H3;1H4. The van der Waals surface area contributed by atoms with E-state index in [1.165, 1.54) is 5.56 Å². The minimum absolute atomic E-state index is 0. The van der Waals surface area contributed by atoms with E-state index in [0.29, 0.717) is 5.96 Å². The van der Waals surface area contributed by atoms with E-state index in [0.717, 1.165) is 0 Å². The summed E-state index contributed by atoms with van der Waals surface area (Å²) in [4.78, 5) is 3.84. The molecule has 0 saturated carbocycles. The van der Waals surface area contributed by atoms with Crippen LogP contribution in [0.5, 0.6) is 0 Å². The molecule has 0 aliphatic heterocycles. The van der Waals surface area contributed by atoms with E-state index >= 15 is 0 Å². The fraction of sp³-hybridized carbons (Fsp3) is 0.462. The second-order valence-corrected chi connectivity index (χ2v) is 2.89. The molecule has 0 spiro atoms. The first-order chi connectivity index (χ1) is 7.24. The summed E-state index contributed by atoms with van der Waals surface area (Å²) in [6.45, 7) is 6.05. The summed E-state index contributed by atoms with van der Waals surface area (Å²) in [5.74, 6) is 0.469. The van der Waals surface area contributed by atoms with Crippen LogP contribution in [0.4, 0.5) is 0 Å². The lowest BCUT2D eigenvalue weighted by Crippen LogP contribution is -2.33. The highest BCUT2D eigenvalue weighted by Crippen LogP contribution is 2.10. The number of aliphatic imine (C=N–C) groups is 1. The minimum Gasteiger partial charge on any atom is -0.370 e. The van der Waals surface area contributed by atoms with E-state index < -0.39 is 0 Å². The second-order valence-electron chi connectivity index (χ2n) is 2.89. The average molecular weight is 223 g/mol. The average Bonchev–Trinajstić information content (AvgIpc) is 2.32. The SMILES string of the molecule is C.CC.CN=C(N)NC(C)c1ccccc1. The third kappa shape index (κ3) is 6.06. The summed E-state index contributed by atoms with van der Waals surface area (Å²) in [7, 11) is 1.67. The van der Waals surface area contributed by atoms with Crippen molar-refractivity contribution in [2.75, 3.05) is 7.05 Å². The number of nitrogens with two attached hydrogens (primary N) is 1. The molecule has 0 fully saturated rings. The quantitative estimate of drug-likeness (QED) is 0.598. The maximum Gasteiger partial charge on any atom is 0.188 e. The molecular weight excluding hydrogens is 198 g/mol. The molecular formula is C13H25N3. The summed E-state index contributed by atoms with van der Waals surface area (Å²) in [5.41, 5.74) is 6.75. The van der Waals surface area contributed by atoms with Gasteiger partial charge in [-0.05, 0) is 12.5 Å². The number of hydrogen-bond acceptors (Lipinski definition) is 1. The number of nitrogens with one attached hydrogen (secondary N) is 1. The lowest BCUT2D eigenvalue weighted by molar-refractivity contribution is 0.711. The van der Waals surface area contributed by atoms with Gasteiger partial charge in [-0.2, -0.15) is 0 Å². The Morgan fingerprint density at radius 2 is 1.75 bits per heavy atom. The lowest BCUT2D eigenvalue weighted by Gasteiger charge is -2.13. The fourth-order valence-electron chi connectivity index (χ4n) is 1.11. The highest BCUT2D eigenvalue weighted by atomic mass is 15.1. The largest absolute Gasteiger partial charge is 0.370 e. The van der Waals surface area contributed by atoms with Crippen LogP contribution < -0.4 is 11.1 Å². The number of guanidine groups is 1.